The molecule has 0 aliphatic heterocycles. The summed E-state index contributed by atoms with van der Waals surface area (Å²) in [6.45, 7) is 2.54. The van der Waals surface area contributed by atoms with Gasteiger partial charge in [0, 0.05) is 12.7 Å². The summed E-state index contributed by atoms with van der Waals surface area (Å²) < 4.78 is 5.06. The quantitative estimate of drug-likeness (QED) is 0.845. The molecule has 0 radical (unpaired) electrons. The molecule has 1 atom stereocenters. The van der Waals surface area contributed by atoms with Crippen LogP contribution in [0.1, 0.15) is 23.7 Å². The number of rotatable bonds is 5. The molecule has 0 saturated carbocycles. The van der Waals surface area contributed by atoms with Gasteiger partial charge in [0.1, 0.15) is 0 Å². The highest BCUT2D eigenvalue weighted by atomic mass is 16.5. The summed E-state index contributed by atoms with van der Waals surface area (Å²) in [4.78, 5) is 19.2. The number of nitrogens with zero attached hydrogens (tertiary/aromatic N) is 1. The maximum Gasteiger partial charge on any atom is 0.251 e. The summed E-state index contributed by atoms with van der Waals surface area (Å²) in [5.41, 5.74) is 2.35. The zero-order valence-corrected chi connectivity index (χ0v) is 10.6. The minimum atomic E-state index is -0.0876. The SMILES string of the molecule is CCC(COC)NC(=O)c1ccc2nc[nH]c2c1. The van der Waals surface area contributed by atoms with E-state index in [1.165, 1.54) is 0 Å². The summed E-state index contributed by atoms with van der Waals surface area (Å²) >= 11 is 0. The largest absolute Gasteiger partial charge is 0.383 e. The number of hydrogen-bond acceptors (Lipinski definition) is 3. The summed E-state index contributed by atoms with van der Waals surface area (Å²) in [5.74, 6) is -0.0876. The van der Waals surface area contributed by atoms with Crippen molar-refractivity contribution in [3.05, 3.63) is 30.1 Å². The fraction of sp³-hybridized carbons (Fsp3) is 0.385. The average Bonchev–Trinajstić information content (AvgIpc) is 2.85. The van der Waals surface area contributed by atoms with Gasteiger partial charge in [-0.15, -0.1) is 0 Å². The van der Waals surface area contributed by atoms with Crippen molar-refractivity contribution in [1.82, 2.24) is 15.3 Å². The highest BCUT2D eigenvalue weighted by Crippen LogP contribution is 2.11. The number of amides is 1. The molecule has 96 valence electrons. The van der Waals surface area contributed by atoms with Crippen LogP contribution in [-0.4, -0.2) is 35.6 Å². The van der Waals surface area contributed by atoms with Crippen LogP contribution in [-0.2, 0) is 4.74 Å². The highest BCUT2D eigenvalue weighted by Gasteiger charge is 2.12. The van der Waals surface area contributed by atoms with E-state index < -0.39 is 0 Å². The van der Waals surface area contributed by atoms with E-state index in [0.717, 1.165) is 17.5 Å². The fourth-order valence-corrected chi connectivity index (χ4v) is 1.81. The number of ether oxygens (including phenoxy) is 1. The minimum Gasteiger partial charge on any atom is -0.383 e. The molecule has 0 fully saturated rings. The lowest BCUT2D eigenvalue weighted by Gasteiger charge is -2.15. The van der Waals surface area contributed by atoms with E-state index in [2.05, 4.69) is 15.3 Å². The number of methoxy groups -OCH3 is 1. The Morgan fingerprint density at radius 2 is 2.39 bits per heavy atom. The maximum atomic E-state index is 12.1. The molecule has 1 aromatic carbocycles. The predicted molar refractivity (Wildman–Crippen MR) is 69.5 cm³/mol. The first-order valence-electron chi connectivity index (χ1n) is 5.97. The molecule has 1 aromatic heterocycles. The number of fused-ring (bicyclic) bond motifs is 1. The van der Waals surface area contributed by atoms with Crippen LogP contribution in [0.2, 0.25) is 0 Å². The van der Waals surface area contributed by atoms with Crippen molar-refractivity contribution in [2.45, 2.75) is 19.4 Å². The number of carbonyl (C=O) groups excluding carboxylic acids is 1. The van der Waals surface area contributed by atoms with Crippen LogP contribution in [0.15, 0.2) is 24.5 Å². The van der Waals surface area contributed by atoms with Gasteiger partial charge in [0.15, 0.2) is 0 Å². The molecule has 0 spiro atoms. The molecule has 1 heterocycles. The van der Waals surface area contributed by atoms with E-state index in [1.807, 2.05) is 13.0 Å². The van der Waals surface area contributed by atoms with Crippen LogP contribution in [0, 0.1) is 0 Å². The Kier molecular flexibility index (Phi) is 3.94. The lowest BCUT2D eigenvalue weighted by Crippen LogP contribution is -2.37. The van der Waals surface area contributed by atoms with Gasteiger partial charge in [-0.05, 0) is 24.6 Å². The third kappa shape index (κ3) is 2.68. The van der Waals surface area contributed by atoms with Crippen LogP contribution in [0.3, 0.4) is 0 Å². The van der Waals surface area contributed by atoms with E-state index >= 15 is 0 Å². The number of benzene rings is 1. The van der Waals surface area contributed by atoms with E-state index in [0.29, 0.717) is 12.2 Å². The molecule has 0 saturated heterocycles. The maximum absolute atomic E-state index is 12.1. The molecular weight excluding hydrogens is 230 g/mol. The lowest BCUT2D eigenvalue weighted by molar-refractivity contribution is 0.0895. The number of aromatic amines is 1. The molecule has 1 amide bonds. The van der Waals surface area contributed by atoms with Crippen molar-refractivity contribution in [1.29, 1.82) is 0 Å². The summed E-state index contributed by atoms with van der Waals surface area (Å²) in [6, 6.07) is 5.45. The number of carbonyl (C=O) groups is 1. The van der Waals surface area contributed by atoms with Crippen LogP contribution in [0.5, 0.6) is 0 Å². The number of H-pyrrole nitrogens is 1. The molecule has 5 heteroatoms. The second-order valence-corrected chi connectivity index (χ2v) is 4.17. The van der Waals surface area contributed by atoms with Gasteiger partial charge in [-0.3, -0.25) is 4.79 Å². The van der Waals surface area contributed by atoms with Gasteiger partial charge in [0.2, 0.25) is 0 Å². The Hall–Kier alpha value is -1.88. The van der Waals surface area contributed by atoms with Crippen LogP contribution >= 0.6 is 0 Å². The first-order valence-corrected chi connectivity index (χ1v) is 5.97. The normalized spacial score (nSPS) is 12.6. The molecule has 5 nitrogen and oxygen atoms in total. The highest BCUT2D eigenvalue weighted by molar-refractivity contribution is 5.97. The Labute approximate surface area is 106 Å². The molecule has 2 aromatic rings. The zero-order valence-electron chi connectivity index (χ0n) is 10.6. The van der Waals surface area contributed by atoms with E-state index in [1.54, 1.807) is 25.6 Å². The van der Waals surface area contributed by atoms with Crippen molar-refractivity contribution in [3.63, 3.8) is 0 Å². The van der Waals surface area contributed by atoms with Gasteiger partial charge in [-0.25, -0.2) is 4.98 Å². The van der Waals surface area contributed by atoms with Crippen molar-refractivity contribution in [2.24, 2.45) is 0 Å². The first kappa shape index (κ1) is 12.6. The fourth-order valence-electron chi connectivity index (χ4n) is 1.81. The van der Waals surface area contributed by atoms with Crippen LogP contribution in [0.25, 0.3) is 11.0 Å². The topological polar surface area (TPSA) is 67.0 Å². The second-order valence-electron chi connectivity index (χ2n) is 4.17. The van der Waals surface area contributed by atoms with Crippen molar-refractivity contribution < 1.29 is 9.53 Å². The summed E-state index contributed by atoms with van der Waals surface area (Å²) in [6.07, 6.45) is 2.46. The Balaban J connectivity index is 2.12. The van der Waals surface area contributed by atoms with Crippen molar-refractivity contribution in [3.8, 4) is 0 Å². The number of aromatic nitrogens is 2. The van der Waals surface area contributed by atoms with Gasteiger partial charge >= 0.3 is 0 Å². The Morgan fingerprint density at radius 1 is 1.56 bits per heavy atom. The number of nitrogens with one attached hydrogen (secondary N) is 2. The molecular formula is C13H17N3O2. The van der Waals surface area contributed by atoms with Crippen molar-refractivity contribution >= 4 is 16.9 Å². The standard InChI is InChI=1S/C13H17N3O2/c1-3-10(7-18-2)16-13(17)9-4-5-11-12(6-9)15-8-14-11/h4-6,8,10H,3,7H2,1-2H3,(H,14,15)(H,16,17). The van der Waals surface area contributed by atoms with Gasteiger partial charge in [0.05, 0.1) is 30.0 Å². The van der Waals surface area contributed by atoms with E-state index in [-0.39, 0.29) is 11.9 Å². The third-order valence-electron chi connectivity index (χ3n) is 2.88. The first-order chi connectivity index (χ1) is 8.74. The Morgan fingerprint density at radius 3 is 3.11 bits per heavy atom. The summed E-state index contributed by atoms with van der Waals surface area (Å²) in [5, 5.41) is 2.94. The second kappa shape index (κ2) is 5.64. The van der Waals surface area contributed by atoms with E-state index in [4.69, 9.17) is 4.74 Å². The average molecular weight is 247 g/mol. The predicted octanol–water partition coefficient (Wildman–Crippen LogP) is 1.72. The molecule has 1 unspecified atom stereocenters. The Bertz CT molecular complexity index is 536. The van der Waals surface area contributed by atoms with Gasteiger partial charge in [-0.2, -0.15) is 0 Å². The lowest BCUT2D eigenvalue weighted by atomic mass is 10.1. The van der Waals surface area contributed by atoms with Crippen LogP contribution < -0.4 is 5.32 Å². The molecule has 2 rings (SSSR count). The van der Waals surface area contributed by atoms with E-state index in [9.17, 15) is 4.79 Å². The number of imidazole rings is 1. The third-order valence-corrected chi connectivity index (χ3v) is 2.88. The van der Waals surface area contributed by atoms with Gasteiger partial charge in [0.25, 0.3) is 5.91 Å². The number of hydrogen-bond donors (Lipinski definition) is 2. The minimum absolute atomic E-state index is 0.0416. The molecule has 0 bridgehead atoms. The van der Waals surface area contributed by atoms with Gasteiger partial charge < -0.3 is 15.0 Å². The monoisotopic (exact) mass is 247 g/mol. The van der Waals surface area contributed by atoms with Crippen molar-refractivity contribution in [2.75, 3.05) is 13.7 Å². The molecule has 0 aliphatic rings. The summed E-state index contributed by atoms with van der Waals surface area (Å²) in [7, 11) is 1.63. The molecule has 18 heavy (non-hydrogen) atoms. The zero-order chi connectivity index (χ0) is 13.0. The van der Waals surface area contributed by atoms with Gasteiger partial charge in [-0.1, -0.05) is 6.92 Å². The smallest absolute Gasteiger partial charge is 0.251 e. The molecule has 0 aliphatic carbocycles. The van der Waals surface area contributed by atoms with Crippen LogP contribution in [0.4, 0.5) is 0 Å². The molecule has 2 N–H and O–H groups in total.